The number of phenolic OH excluding ortho intramolecular Hbond substituents is 2. The summed E-state index contributed by atoms with van der Waals surface area (Å²) >= 11 is 0. The van der Waals surface area contributed by atoms with Gasteiger partial charge in [-0.25, -0.2) is 0 Å². The maximum Gasteiger partial charge on any atom is 0.200 e. The van der Waals surface area contributed by atoms with Gasteiger partial charge in [-0.2, -0.15) is 0 Å². The normalized spacial score (nSPS) is 32.7. The molecule has 3 heterocycles. The summed E-state index contributed by atoms with van der Waals surface area (Å²) in [7, 11) is 0. The van der Waals surface area contributed by atoms with Crippen LogP contribution in [0.25, 0.3) is 0 Å². The molecule has 208 valence electrons. The number of ether oxygens (including phenoxy) is 3. The molecule has 3 fully saturated rings. The third kappa shape index (κ3) is 3.68. The fraction of sp³-hybridized carbons (Fsp3) is 0.548. The Hall–Kier alpha value is -2.94. The predicted octanol–water partition coefficient (Wildman–Crippen LogP) is 3.75. The number of fused-ring (bicyclic) bond motifs is 1. The summed E-state index contributed by atoms with van der Waals surface area (Å²) in [6, 6.07) is 1.42. The van der Waals surface area contributed by atoms with Crippen LogP contribution < -0.4 is 4.74 Å². The second-order valence-electron chi connectivity index (χ2n) is 12.0. The number of hydrogen-bond acceptors (Lipinski definition) is 8. The van der Waals surface area contributed by atoms with Crippen molar-refractivity contribution in [2.75, 3.05) is 39.5 Å². The Morgan fingerprint density at radius 2 is 1.82 bits per heavy atom. The zero-order valence-corrected chi connectivity index (χ0v) is 23.1. The number of allylic oxidation sites excluding steroid dienone is 4. The third-order valence-electron chi connectivity index (χ3n) is 9.23. The molecule has 3 aliphatic carbocycles. The highest BCUT2D eigenvalue weighted by molar-refractivity contribution is 6.18. The molecule has 2 saturated heterocycles. The molecule has 4 bridgehead atoms. The van der Waals surface area contributed by atoms with Crippen molar-refractivity contribution in [2.24, 2.45) is 17.8 Å². The fourth-order valence-corrected chi connectivity index (χ4v) is 7.30. The van der Waals surface area contributed by atoms with Crippen LogP contribution in [-0.2, 0) is 20.7 Å². The number of carbonyl (C=O) groups excluding carboxylic acids is 2. The molecule has 0 aromatic heterocycles. The minimum Gasteiger partial charge on any atom is -0.507 e. The van der Waals surface area contributed by atoms with Crippen LogP contribution in [0.1, 0.15) is 50.0 Å². The molecular formula is C31H37NO7. The number of aromatic hydroxyl groups is 2. The predicted molar refractivity (Wildman–Crippen MR) is 144 cm³/mol. The summed E-state index contributed by atoms with van der Waals surface area (Å²) in [4.78, 5) is 30.9. The maximum atomic E-state index is 14.3. The van der Waals surface area contributed by atoms with Crippen molar-refractivity contribution in [3.63, 3.8) is 0 Å². The van der Waals surface area contributed by atoms with Gasteiger partial charge in [0.25, 0.3) is 0 Å². The molecule has 8 heteroatoms. The van der Waals surface area contributed by atoms with E-state index in [4.69, 9.17) is 14.2 Å². The largest absolute Gasteiger partial charge is 0.507 e. The summed E-state index contributed by atoms with van der Waals surface area (Å²) in [6.45, 7) is 11.7. The van der Waals surface area contributed by atoms with E-state index < -0.39 is 17.1 Å². The molecule has 1 aromatic rings. The van der Waals surface area contributed by atoms with Gasteiger partial charge in [0, 0.05) is 55.1 Å². The van der Waals surface area contributed by atoms with Gasteiger partial charge in [-0.3, -0.25) is 14.5 Å². The molecule has 3 aliphatic heterocycles. The first-order valence-corrected chi connectivity index (χ1v) is 13.9. The van der Waals surface area contributed by atoms with Gasteiger partial charge in [0.05, 0.1) is 19.8 Å². The molecule has 1 spiro atoms. The first-order valence-electron chi connectivity index (χ1n) is 13.9. The van der Waals surface area contributed by atoms with E-state index in [2.05, 4.69) is 4.90 Å². The number of phenols is 2. The van der Waals surface area contributed by atoms with E-state index >= 15 is 0 Å². The van der Waals surface area contributed by atoms with E-state index in [1.807, 2.05) is 39.8 Å². The monoisotopic (exact) mass is 535 g/mol. The number of ketones is 2. The van der Waals surface area contributed by atoms with Crippen molar-refractivity contribution >= 4 is 11.6 Å². The number of carbonyl (C=O) groups is 2. The molecule has 1 aromatic carbocycles. The van der Waals surface area contributed by atoms with E-state index in [0.29, 0.717) is 38.4 Å². The summed E-state index contributed by atoms with van der Waals surface area (Å²) in [5.74, 6) is -1.53. The van der Waals surface area contributed by atoms with Crippen molar-refractivity contribution in [1.29, 1.82) is 0 Å². The highest BCUT2D eigenvalue weighted by atomic mass is 16.6. The van der Waals surface area contributed by atoms with E-state index in [9.17, 15) is 19.8 Å². The van der Waals surface area contributed by atoms with Gasteiger partial charge in [-0.05, 0) is 40.0 Å². The standard InChI is InChI=1S/C31H37NO7/c1-17(2)5-6-19-24(33)14-25-26(27(19)34)28(35)22-13-20-21(15-32-9-11-37-12-10-32)23-16-38-30(29(20)36,8-7-18(3)4)31(22,23)39-25/h5,7,13-14,20-21,23,33-34H,6,8-12,15-16H2,1-4H3/t20-,21+,23-,30?,31-/m1/s1. The lowest BCUT2D eigenvalue weighted by Crippen LogP contribution is -2.74. The Morgan fingerprint density at radius 3 is 2.51 bits per heavy atom. The quantitative estimate of drug-likeness (QED) is 0.531. The smallest absolute Gasteiger partial charge is 0.200 e. The molecule has 5 atom stereocenters. The number of morpholine rings is 1. The summed E-state index contributed by atoms with van der Waals surface area (Å²) in [6.07, 6.45) is 6.24. The second kappa shape index (κ2) is 9.32. The number of nitrogens with zero attached hydrogens (tertiary/aromatic N) is 1. The van der Waals surface area contributed by atoms with Crippen molar-refractivity contribution < 1.29 is 34.0 Å². The van der Waals surface area contributed by atoms with Gasteiger partial charge < -0.3 is 24.4 Å². The summed E-state index contributed by atoms with van der Waals surface area (Å²) < 4.78 is 18.8. The van der Waals surface area contributed by atoms with Crippen LogP contribution in [0.3, 0.4) is 0 Å². The van der Waals surface area contributed by atoms with Crippen molar-refractivity contribution in [3.05, 3.63) is 52.1 Å². The van der Waals surface area contributed by atoms with Crippen molar-refractivity contribution in [2.45, 2.75) is 51.7 Å². The topological polar surface area (TPSA) is 106 Å². The molecule has 1 saturated carbocycles. The average Bonchev–Trinajstić information content (AvgIpc) is 3.17. The molecule has 0 radical (unpaired) electrons. The van der Waals surface area contributed by atoms with Crippen molar-refractivity contribution in [3.8, 4) is 17.2 Å². The fourth-order valence-electron chi connectivity index (χ4n) is 7.30. The average molecular weight is 536 g/mol. The lowest BCUT2D eigenvalue weighted by molar-refractivity contribution is -0.171. The number of hydrogen-bond donors (Lipinski definition) is 2. The highest BCUT2D eigenvalue weighted by Crippen LogP contribution is 2.65. The van der Waals surface area contributed by atoms with Gasteiger partial charge in [0.2, 0.25) is 0 Å². The van der Waals surface area contributed by atoms with Gasteiger partial charge in [-0.1, -0.05) is 29.4 Å². The minimum atomic E-state index is -1.34. The first kappa shape index (κ1) is 26.3. The molecule has 7 rings (SSSR count). The van der Waals surface area contributed by atoms with Crippen LogP contribution in [0.4, 0.5) is 0 Å². The molecule has 39 heavy (non-hydrogen) atoms. The van der Waals surface area contributed by atoms with Gasteiger partial charge in [0.1, 0.15) is 22.8 Å². The van der Waals surface area contributed by atoms with E-state index in [1.165, 1.54) is 6.07 Å². The Morgan fingerprint density at radius 1 is 1.10 bits per heavy atom. The highest BCUT2D eigenvalue weighted by Gasteiger charge is 2.79. The lowest BCUT2D eigenvalue weighted by atomic mass is 9.49. The molecular weight excluding hydrogens is 498 g/mol. The number of Topliss-reactive ketones (excluding diaryl/α,β-unsaturated/α-hetero) is 2. The Balaban J connectivity index is 1.50. The SMILES string of the molecule is CC(C)=CCc1c(O)cc2c(c1O)C(=O)C1=C[C@H]3C(=O)C4(CC=C(C)C)OC[C@H]([C@H]3CN3CCOCC3)[C@]14O2. The number of benzene rings is 1. The third-order valence-corrected chi connectivity index (χ3v) is 9.23. The zero-order chi connectivity index (χ0) is 27.7. The maximum absolute atomic E-state index is 14.3. The Kier molecular flexibility index (Phi) is 6.28. The minimum absolute atomic E-state index is 0.0447. The second-order valence-corrected chi connectivity index (χ2v) is 12.0. The zero-order valence-electron chi connectivity index (χ0n) is 23.1. The van der Waals surface area contributed by atoms with Crippen LogP contribution in [0.2, 0.25) is 0 Å². The lowest BCUT2D eigenvalue weighted by Gasteiger charge is -2.58. The van der Waals surface area contributed by atoms with E-state index in [1.54, 1.807) is 6.08 Å². The van der Waals surface area contributed by atoms with E-state index in [0.717, 1.165) is 24.2 Å². The van der Waals surface area contributed by atoms with Crippen molar-refractivity contribution in [1.82, 2.24) is 4.90 Å². The van der Waals surface area contributed by atoms with Crippen LogP contribution in [-0.4, -0.2) is 77.3 Å². The molecule has 6 aliphatic rings. The molecule has 8 nitrogen and oxygen atoms in total. The van der Waals surface area contributed by atoms with Gasteiger partial charge in [-0.15, -0.1) is 0 Å². The van der Waals surface area contributed by atoms with Gasteiger partial charge in [0.15, 0.2) is 22.8 Å². The molecule has 1 unspecified atom stereocenters. The summed E-state index contributed by atoms with van der Waals surface area (Å²) in [5, 5.41) is 22.1. The van der Waals surface area contributed by atoms with Crippen LogP contribution >= 0.6 is 0 Å². The molecule has 0 amide bonds. The molecule has 2 N–H and O–H groups in total. The van der Waals surface area contributed by atoms with Crippen LogP contribution in [0, 0.1) is 17.8 Å². The Labute approximate surface area is 228 Å². The van der Waals surface area contributed by atoms with Gasteiger partial charge >= 0.3 is 0 Å². The Bertz CT molecular complexity index is 1330. The summed E-state index contributed by atoms with van der Waals surface area (Å²) in [5.41, 5.74) is 0.125. The first-order chi connectivity index (χ1) is 18.6. The van der Waals surface area contributed by atoms with E-state index in [-0.39, 0.29) is 58.2 Å². The van der Waals surface area contributed by atoms with Crippen LogP contribution in [0.15, 0.2) is 41.0 Å². The number of rotatable bonds is 6. The van der Waals surface area contributed by atoms with Crippen LogP contribution in [0.5, 0.6) is 17.2 Å².